The molecule has 1 aromatic carbocycles. The molecule has 0 nitrogen and oxygen atoms in total. The molecular formula is C14H19Cl2F. The fourth-order valence-corrected chi connectivity index (χ4v) is 2.50. The van der Waals surface area contributed by atoms with Crippen LogP contribution in [0.5, 0.6) is 0 Å². The van der Waals surface area contributed by atoms with E-state index in [1.54, 1.807) is 13.0 Å². The second-order valence-corrected chi connectivity index (χ2v) is 5.37. The van der Waals surface area contributed by atoms with E-state index in [1.165, 1.54) is 25.3 Å². The molecule has 0 aliphatic carbocycles. The minimum atomic E-state index is -0.270. The van der Waals surface area contributed by atoms with Gasteiger partial charge in [-0.15, -0.1) is 11.6 Å². The number of benzene rings is 1. The highest BCUT2D eigenvalue weighted by atomic mass is 35.5. The van der Waals surface area contributed by atoms with Crippen molar-refractivity contribution in [3.8, 4) is 0 Å². The van der Waals surface area contributed by atoms with Crippen molar-refractivity contribution in [2.75, 3.05) is 0 Å². The van der Waals surface area contributed by atoms with Crippen LogP contribution in [0.4, 0.5) is 4.39 Å². The van der Waals surface area contributed by atoms with Crippen LogP contribution in [0.1, 0.15) is 55.5 Å². The molecule has 0 aliphatic heterocycles. The van der Waals surface area contributed by atoms with Gasteiger partial charge in [-0.3, -0.25) is 0 Å². The molecule has 0 aliphatic rings. The Morgan fingerprint density at radius 3 is 2.59 bits per heavy atom. The second-order valence-electron chi connectivity index (χ2n) is 4.44. The number of halogens is 3. The number of unbranched alkanes of at least 4 members (excludes halogenated alkanes) is 3. The molecule has 0 spiro atoms. The SMILES string of the molecule is CCCCCCC(Cl)c1cc(C)c(F)cc1Cl. The van der Waals surface area contributed by atoms with Gasteiger partial charge in [0.25, 0.3) is 0 Å². The van der Waals surface area contributed by atoms with E-state index in [9.17, 15) is 4.39 Å². The van der Waals surface area contributed by atoms with Crippen LogP contribution in [0.3, 0.4) is 0 Å². The molecule has 0 fully saturated rings. The molecule has 1 aromatic rings. The van der Waals surface area contributed by atoms with Gasteiger partial charge in [-0.25, -0.2) is 4.39 Å². The molecule has 0 saturated heterocycles. The first kappa shape index (κ1) is 14.8. The zero-order valence-corrected chi connectivity index (χ0v) is 11.9. The molecular weight excluding hydrogens is 258 g/mol. The summed E-state index contributed by atoms with van der Waals surface area (Å²) in [6, 6.07) is 3.11. The number of hydrogen-bond acceptors (Lipinski definition) is 0. The first-order valence-corrected chi connectivity index (χ1v) is 6.97. The van der Waals surface area contributed by atoms with Crippen LogP contribution in [-0.4, -0.2) is 0 Å². The largest absolute Gasteiger partial charge is 0.207 e. The van der Waals surface area contributed by atoms with Gasteiger partial charge in [-0.1, -0.05) is 50.3 Å². The van der Waals surface area contributed by atoms with Crippen molar-refractivity contribution >= 4 is 23.2 Å². The summed E-state index contributed by atoms with van der Waals surface area (Å²) in [4.78, 5) is 0. The van der Waals surface area contributed by atoms with Gasteiger partial charge < -0.3 is 0 Å². The lowest BCUT2D eigenvalue weighted by atomic mass is 10.0. The Hall–Kier alpha value is -0.270. The van der Waals surface area contributed by atoms with Crippen LogP contribution in [0.2, 0.25) is 5.02 Å². The minimum absolute atomic E-state index is 0.112. The molecule has 0 heterocycles. The topological polar surface area (TPSA) is 0 Å². The molecule has 1 unspecified atom stereocenters. The number of alkyl halides is 1. The van der Waals surface area contributed by atoms with Crippen LogP contribution >= 0.6 is 23.2 Å². The standard InChI is InChI=1S/C14H19Cl2F/c1-3-4-5-6-7-12(15)11-8-10(2)14(17)9-13(11)16/h8-9,12H,3-7H2,1-2H3. The lowest BCUT2D eigenvalue weighted by Gasteiger charge is -2.13. The summed E-state index contributed by atoms with van der Waals surface area (Å²) in [5.41, 5.74) is 1.45. The molecule has 96 valence electrons. The normalized spacial score (nSPS) is 12.8. The van der Waals surface area contributed by atoms with E-state index in [2.05, 4.69) is 6.92 Å². The number of hydrogen-bond donors (Lipinski definition) is 0. The van der Waals surface area contributed by atoms with Crippen molar-refractivity contribution in [3.05, 3.63) is 34.1 Å². The highest BCUT2D eigenvalue weighted by Crippen LogP contribution is 2.33. The molecule has 0 radical (unpaired) electrons. The molecule has 0 aromatic heterocycles. The zero-order chi connectivity index (χ0) is 12.8. The highest BCUT2D eigenvalue weighted by Gasteiger charge is 2.13. The minimum Gasteiger partial charge on any atom is -0.207 e. The highest BCUT2D eigenvalue weighted by molar-refractivity contribution is 6.32. The monoisotopic (exact) mass is 276 g/mol. The van der Waals surface area contributed by atoms with Crippen LogP contribution in [0, 0.1) is 12.7 Å². The Morgan fingerprint density at radius 2 is 1.94 bits per heavy atom. The fraction of sp³-hybridized carbons (Fsp3) is 0.571. The van der Waals surface area contributed by atoms with Gasteiger partial charge in [0.1, 0.15) is 5.82 Å². The summed E-state index contributed by atoms with van der Waals surface area (Å²) in [5, 5.41) is 0.322. The fourth-order valence-electron chi connectivity index (χ4n) is 1.83. The van der Waals surface area contributed by atoms with Gasteiger partial charge in [0.15, 0.2) is 0 Å². The van der Waals surface area contributed by atoms with Gasteiger partial charge in [0, 0.05) is 5.02 Å². The van der Waals surface area contributed by atoms with E-state index in [0.29, 0.717) is 10.6 Å². The maximum Gasteiger partial charge on any atom is 0.127 e. The number of rotatable bonds is 6. The van der Waals surface area contributed by atoms with Crippen molar-refractivity contribution in [2.45, 2.75) is 51.3 Å². The predicted molar refractivity (Wildman–Crippen MR) is 73.5 cm³/mol. The Labute approximate surface area is 113 Å². The second kappa shape index (κ2) is 7.23. The lowest BCUT2D eigenvalue weighted by Crippen LogP contribution is -1.95. The smallest absolute Gasteiger partial charge is 0.127 e. The molecule has 0 bridgehead atoms. The maximum absolute atomic E-state index is 13.2. The van der Waals surface area contributed by atoms with E-state index in [-0.39, 0.29) is 11.2 Å². The summed E-state index contributed by atoms with van der Waals surface area (Å²) in [5.74, 6) is -0.270. The molecule has 1 rings (SSSR count). The van der Waals surface area contributed by atoms with Crippen LogP contribution in [0.25, 0.3) is 0 Å². The van der Waals surface area contributed by atoms with E-state index in [4.69, 9.17) is 23.2 Å². The van der Waals surface area contributed by atoms with Crippen molar-refractivity contribution in [1.82, 2.24) is 0 Å². The average molecular weight is 277 g/mol. The molecule has 0 saturated carbocycles. The van der Waals surface area contributed by atoms with Crippen LogP contribution < -0.4 is 0 Å². The summed E-state index contributed by atoms with van der Waals surface area (Å²) in [7, 11) is 0. The van der Waals surface area contributed by atoms with E-state index in [0.717, 1.165) is 18.4 Å². The summed E-state index contributed by atoms with van der Waals surface area (Å²) in [6.07, 6.45) is 5.63. The third kappa shape index (κ3) is 4.48. The first-order valence-electron chi connectivity index (χ1n) is 6.15. The Bertz CT molecular complexity index is 363. The van der Waals surface area contributed by atoms with Crippen LogP contribution in [-0.2, 0) is 0 Å². The summed E-state index contributed by atoms with van der Waals surface area (Å²) in [6.45, 7) is 3.91. The lowest BCUT2D eigenvalue weighted by molar-refractivity contribution is 0.611. The van der Waals surface area contributed by atoms with Gasteiger partial charge >= 0.3 is 0 Å². The summed E-state index contributed by atoms with van der Waals surface area (Å²) < 4.78 is 13.2. The van der Waals surface area contributed by atoms with Crippen molar-refractivity contribution in [2.24, 2.45) is 0 Å². The van der Waals surface area contributed by atoms with Crippen molar-refractivity contribution < 1.29 is 4.39 Å². The van der Waals surface area contributed by atoms with Crippen molar-refractivity contribution in [1.29, 1.82) is 0 Å². The van der Waals surface area contributed by atoms with Gasteiger partial charge in [-0.2, -0.15) is 0 Å². The Morgan fingerprint density at radius 1 is 1.24 bits per heavy atom. The van der Waals surface area contributed by atoms with E-state index < -0.39 is 0 Å². The van der Waals surface area contributed by atoms with Crippen molar-refractivity contribution in [3.63, 3.8) is 0 Å². The summed E-state index contributed by atoms with van der Waals surface area (Å²) >= 11 is 12.3. The van der Waals surface area contributed by atoms with Crippen LogP contribution in [0.15, 0.2) is 12.1 Å². The Kier molecular flexibility index (Phi) is 6.29. The third-order valence-corrected chi connectivity index (χ3v) is 3.71. The average Bonchev–Trinajstić information content (AvgIpc) is 2.29. The van der Waals surface area contributed by atoms with Gasteiger partial charge in [-0.05, 0) is 30.5 Å². The Balaban J connectivity index is 2.62. The molecule has 0 N–H and O–H groups in total. The zero-order valence-electron chi connectivity index (χ0n) is 10.4. The molecule has 0 amide bonds. The maximum atomic E-state index is 13.2. The van der Waals surface area contributed by atoms with E-state index in [1.807, 2.05) is 0 Å². The van der Waals surface area contributed by atoms with E-state index >= 15 is 0 Å². The first-order chi connectivity index (χ1) is 8.06. The molecule has 3 heteroatoms. The third-order valence-electron chi connectivity index (χ3n) is 2.93. The predicted octanol–water partition coefficient (Wildman–Crippen LogP) is 6.04. The van der Waals surface area contributed by atoms with Gasteiger partial charge in [0.05, 0.1) is 5.38 Å². The number of aryl methyl sites for hydroxylation is 1. The quantitative estimate of drug-likeness (QED) is 0.439. The molecule has 1 atom stereocenters. The van der Waals surface area contributed by atoms with Gasteiger partial charge in [0.2, 0.25) is 0 Å². The molecule has 17 heavy (non-hydrogen) atoms.